The highest BCUT2D eigenvalue weighted by Gasteiger charge is 2.58. The van der Waals surface area contributed by atoms with Gasteiger partial charge in [0.1, 0.15) is 11.4 Å². The van der Waals surface area contributed by atoms with Gasteiger partial charge in [0.05, 0.1) is 66.7 Å². The zero-order valence-electron chi connectivity index (χ0n) is 26.7. The SMILES string of the molecule is C=CCOC[C@@H](c1ccc(C#N)cc1)N1C(=O)c2cc(C(O)(CC)c3cn(C)cn3)cc(F)c2[C@]1(O[C@H]1CCOC1)c1ccc(Cl)cc1. The summed E-state index contributed by atoms with van der Waals surface area (Å²) < 4.78 is 37.5. The number of carbonyl (C=O) groups excluding carboxylic acids is 1. The third kappa shape index (κ3) is 5.82. The standard InChI is InChI=1S/C37H36ClFN4O5/c1-4-15-46-22-32(25-8-6-24(19-40)7-9-25)43-35(44)30-17-27(36(45,5-2)33-20-42(3)23-41-33)18-31(39)34(30)37(43,48-29-14-16-47-21-29)26-10-12-28(38)13-11-26/h4,6-13,17-18,20,23,29,32,45H,1,5,14-16,21-22H2,2-3H3/t29-,32-,36?,37+/m0/s1. The van der Waals surface area contributed by atoms with Crippen molar-refractivity contribution in [3.8, 4) is 6.07 Å². The Morgan fingerprint density at radius 1 is 1.27 bits per heavy atom. The lowest BCUT2D eigenvalue weighted by Crippen LogP contribution is -2.52. The van der Waals surface area contributed by atoms with E-state index in [2.05, 4.69) is 17.6 Å². The van der Waals surface area contributed by atoms with Crippen LogP contribution >= 0.6 is 11.6 Å². The van der Waals surface area contributed by atoms with Crippen LogP contribution in [0.4, 0.5) is 4.39 Å². The van der Waals surface area contributed by atoms with Crippen molar-refractivity contribution in [2.45, 2.75) is 43.2 Å². The van der Waals surface area contributed by atoms with Crippen molar-refractivity contribution in [1.82, 2.24) is 14.5 Å². The van der Waals surface area contributed by atoms with E-state index in [4.69, 9.17) is 25.8 Å². The van der Waals surface area contributed by atoms with Crippen molar-refractivity contribution in [3.63, 3.8) is 0 Å². The van der Waals surface area contributed by atoms with Crippen LogP contribution in [-0.2, 0) is 32.6 Å². The molecule has 3 heterocycles. The molecule has 9 nitrogen and oxygen atoms in total. The summed E-state index contributed by atoms with van der Waals surface area (Å²) >= 11 is 6.34. The summed E-state index contributed by atoms with van der Waals surface area (Å²) in [6.07, 6.45) is 5.03. The lowest BCUT2D eigenvalue weighted by Gasteiger charge is -2.45. The van der Waals surface area contributed by atoms with Crippen LogP contribution in [0.5, 0.6) is 0 Å². The average molecular weight is 671 g/mol. The number of hydrogen-bond acceptors (Lipinski definition) is 7. The molecule has 248 valence electrons. The van der Waals surface area contributed by atoms with Crippen LogP contribution in [0.1, 0.15) is 69.7 Å². The predicted molar refractivity (Wildman–Crippen MR) is 177 cm³/mol. The lowest BCUT2D eigenvalue weighted by atomic mass is 9.84. The second-order valence-corrected chi connectivity index (χ2v) is 12.5. The summed E-state index contributed by atoms with van der Waals surface area (Å²) in [4.78, 5) is 20.9. The number of benzene rings is 3. The third-order valence-corrected chi connectivity index (χ3v) is 9.30. The predicted octanol–water partition coefficient (Wildman–Crippen LogP) is 6.14. The highest BCUT2D eigenvalue weighted by atomic mass is 35.5. The molecule has 3 aromatic carbocycles. The number of amides is 1. The molecule has 1 saturated heterocycles. The first-order valence-corrected chi connectivity index (χ1v) is 16.1. The third-order valence-electron chi connectivity index (χ3n) is 9.04. The summed E-state index contributed by atoms with van der Waals surface area (Å²) in [5.41, 5.74) is -1.40. The second-order valence-electron chi connectivity index (χ2n) is 12.0. The molecule has 2 aliphatic rings. The number of carbonyl (C=O) groups is 1. The highest BCUT2D eigenvalue weighted by molar-refractivity contribution is 6.30. The number of aromatic nitrogens is 2. The van der Waals surface area contributed by atoms with E-state index in [0.717, 1.165) is 0 Å². The number of nitrogens with zero attached hydrogens (tertiary/aromatic N) is 4. The molecule has 0 aliphatic carbocycles. The van der Waals surface area contributed by atoms with Gasteiger partial charge < -0.3 is 23.9 Å². The minimum atomic E-state index is -1.80. The van der Waals surface area contributed by atoms with E-state index >= 15 is 9.18 Å². The van der Waals surface area contributed by atoms with E-state index in [0.29, 0.717) is 40.4 Å². The molecule has 1 aromatic heterocycles. The monoisotopic (exact) mass is 670 g/mol. The summed E-state index contributed by atoms with van der Waals surface area (Å²) in [7, 11) is 1.78. The first-order chi connectivity index (χ1) is 23.2. The van der Waals surface area contributed by atoms with Gasteiger partial charge in [-0.05, 0) is 60.4 Å². The van der Waals surface area contributed by atoms with E-state index in [1.54, 1.807) is 91.7 Å². The zero-order chi connectivity index (χ0) is 34.1. The number of aliphatic hydroxyl groups is 1. The molecule has 48 heavy (non-hydrogen) atoms. The van der Waals surface area contributed by atoms with Gasteiger partial charge in [-0.2, -0.15) is 5.26 Å². The molecule has 1 N–H and O–H groups in total. The molecule has 1 fully saturated rings. The summed E-state index contributed by atoms with van der Waals surface area (Å²) in [5.74, 6) is -1.27. The second kappa shape index (κ2) is 13.6. The summed E-state index contributed by atoms with van der Waals surface area (Å²) in [6.45, 7) is 6.41. The maximum atomic E-state index is 17.2. The number of ether oxygens (including phenoxy) is 3. The van der Waals surface area contributed by atoms with Crippen LogP contribution in [-0.4, -0.2) is 58.0 Å². The maximum Gasteiger partial charge on any atom is 0.257 e. The fraction of sp³-hybridized carbons (Fsp3) is 0.324. The molecular formula is C37H36ClFN4O5. The van der Waals surface area contributed by atoms with Crippen molar-refractivity contribution >= 4 is 17.5 Å². The average Bonchev–Trinajstić information content (AvgIpc) is 3.83. The molecular weight excluding hydrogens is 635 g/mol. The lowest BCUT2D eigenvalue weighted by molar-refractivity contribution is -0.163. The van der Waals surface area contributed by atoms with Gasteiger partial charge in [-0.25, -0.2) is 9.37 Å². The molecule has 1 amide bonds. The molecule has 4 aromatic rings. The number of hydrogen-bond donors (Lipinski definition) is 1. The van der Waals surface area contributed by atoms with Crippen molar-refractivity contribution in [2.24, 2.45) is 7.05 Å². The van der Waals surface area contributed by atoms with Crippen molar-refractivity contribution in [1.29, 1.82) is 5.26 Å². The smallest absolute Gasteiger partial charge is 0.257 e. The van der Waals surface area contributed by atoms with E-state index < -0.39 is 35.2 Å². The van der Waals surface area contributed by atoms with Crippen LogP contribution in [0.3, 0.4) is 0 Å². The normalized spacial score (nSPS) is 20.7. The molecule has 0 bridgehead atoms. The Morgan fingerprint density at radius 3 is 2.62 bits per heavy atom. The van der Waals surface area contributed by atoms with Crippen LogP contribution in [0.15, 0.2) is 85.8 Å². The van der Waals surface area contributed by atoms with E-state index in [-0.39, 0.29) is 42.9 Å². The zero-order valence-corrected chi connectivity index (χ0v) is 27.5. The molecule has 0 radical (unpaired) electrons. The fourth-order valence-corrected chi connectivity index (χ4v) is 6.75. The van der Waals surface area contributed by atoms with E-state index in [1.807, 2.05) is 0 Å². The van der Waals surface area contributed by atoms with Gasteiger partial charge in [0.2, 0.25) is 5.72 Å². The van der Waals surface area contributed by atoms with Gasteiger partial charge in [-0.3, -0.25) is 9.69 Å². The van der Waals surface area contributed by atoms with Gasteiger partial charge in [0.25, 0.3) is 5.91 Å². The molecule has 0 saturated carbocycles. The van der Waals surface area contributed by atoms with Gasteiger partial charge in [-0.1, -0.05) is 48.9 Å². The highest BCUT2D eigenvalue weighted by Crippen LogP contribution is 2.52. The van der Waals surface area contributed by atoms with E-state index in [9.17, 15) is 10.4 Å². The number of halogens is 2. The van der Waals surface area contributed by atoms with Crippen LogP contribution in [0.25, 0.3) is 0 Å². The minimum Gasteiger partial charge on any atom is -0.379 e. The Labute approximate surface area is 283 Å². The number of nitriles is 1. The molecule has 0 spiro atoms. The van der Waals surface area contributed by atoms with Crippen LogP contribution in [0, 0.1) is 17.1 Å². The van der Waals surface area contributed by atoms with E-state index in [1.165, 1.54) is 11.0 Å². The Bertz CT molecular complexity index is 1850. The molecule has 11 heteroatoms. The Morgan fingerprint density at radius 2 is 2.02 bits per heavy atom. The Kier molecular flexibility index (Phi) is 9.52. The molecule has 4 atom stereocenters. The largest absolute Gasteiger partial charge is 0.379 e. The van der Waals surface area contributed by atoms with Crippen molar-refractivity contribution in [3.05, 3.63) is 136 Å². The Balaban J connectivity index is 1.63. The summed E-state index contributed by atoms with van der Waals surface area (Å²) in [6, 6.07) is 17.7. The van der Waals surface area contributed by atoms with Gasteiger partial charge in [0, 0.05) is 30.4 Å². The van der Waals surface area contributed by atoms with Crippen molar-refractivity contribution in [2.75, 3.05) is 26.4 Å². The molecule has 1 unspecified atom stereocenters. The number of fused-ring (bicyclic) bond motifs is 1. The van der Waals surface area contributed by atoms with Crippen LogP contribution in [0.2, 0.25) is 5.02 Å². The van der Waals surface area contributed by atoms with Crippen molar-refractivity contribution < 1.29 is 28.5 Å². The molecule has 6 rings (SSSR count). The quantitative estimate of drug-likeness (QED) is 0.143. The number of rotatable bonds is 12. The van der Waals surface area contributed by atoms with Gasteiger partial charge >= 0.3 is 0 Å². The fourth-order valence-electron chi connectivity index (χ4n) is 6.62. The number of aryl methyl sites for hydroxylation is 1. The van der Waals surface area contributed by atoms with Gasteiger partial charge in [-0.15, -0.1) is 6.58 Å². The van der Waals surface area contributed by atoms with Gasteiger partial charge in [0.15, 0.2) is 0 Å². The number of imidazole rings is 1. The maximum absolute atomic E-state index is 17.2. The minimum absolute atomic E-state index is 0.00117. The van der Waals surface area contributed by atoms with Crippen LogP contribution < -0.4 is 0 Å². The summed E-state index contributed by atoms with van der Waals surface area (Å²) in [5, 5.41) is 21.9. The topological polar surface area (TPSA) is 110 Å². The Hall–Kier alpha value is -4.37. The first-order valence-electron chi connectivity index (χ1n) is 15.8. The molecule has 2 aliphatic heterocycles. The first kappa shape index (κ1) is 33.5.